The van der Waals surface area contributed by atoms with Gasteiger partial charge in [0.2, 0.25) is 0 Å². The van der Waals surface area contributed by atoms with E-state index >= 15 is 0 Å². The number of aliphatic hydroxyl groups excluding tert-OH is 3. The average molecular weight is 437 g/mol. The summed E-state index contributed by atoms with van der Waals surface area (Å²) in [7, 11) is 0. The number of aliphatic hydroxyl groups is 3. The van der Waals surface area contributed by atoms with Crippen molar-refractivity contribution in [1.29, 1.82) is 0 Å². The Kier molecular flexibility index (Phi) is 46.7. The standard InChI is InChI=1S/3C4H10O.ClH.Hf/c3*1-4(2)3-5;;/h3*4-5H,3H2,1-2H3;1H;. The molecule has 0 aromatic rings. The van der Waals surface area contributed by atoms with Gasteiger partial charge in [0.05, 0.1) is 0 Å². The van der Waals surface area contributed by atoms with E-state index in [1.165, 1.54) is 0 Å². The molecular weight excluding hydrogens is 406 g/mol. The molecular formula is C12H31ClHfO3. The Bertz CT molecular complexity index is 82.7. The van der Waals surface area contributed by atoms with Crippen LogP contribution in [-0.4, -0.2) is 35.1 Å². The quantitative estimate of drug-likeness (QED) is 0.595. The van der Waals surface area contributed by atoms with Crippen LogP contribution in [0.15, 0.2) is 0 Å². The summed E-state index contributed by atoms with van der Waals surface area (Å²) in [6.07, 6.45) is 0. The van der Waals surface area contributed by atoms with Crippen LogP contribution in [0.2, 0.25) is 0 Å². The van der Waals surface area contributed by atoms with E-state index < -0.39 is 0 Å². The number of halogens is 1. The van der Waals surface area contributed by atoms with Crippen LogP contribution in [0.3, 0.4) is 0 Å². The second-order valence-corrected chi connectivity index (χ2v) is 4.73. The first kappa shape index (κ1) is 30.8. The minimum absolute atomic E-state index is 0. The third kappa shape index (κ3) is 77.8. The molecule has 0 aliphatic heterocycles. The maximum atomic E-state index is 8.14. The molecule has 0 radical (unpaired) electrons. The fourth-order valence-electron chi connectivity index (χ4n) is 0. The van der Waals surface area contributed by atoms with Crippen molar-refractivity contribution in [3.05, 3.63) is 0 Å². The molecule has 0 unspecified atom stereocenters. The molecule has 0 rings (SSSR count). The Morgan fingerprint density at radius 1 is 0.588 bits per heavy atom. The molecule has 17 heavy (non-hydrogen) atoms. The predicted octanol–water partition coefficient (Wildman–Crippen LogP) is 2.32. The summed E-state index contributed by atoms with van der Waals surface area (Å²) < 4.78 is 0. The minimum Gasteiger partial charge on any atom is -0.396 e. The normalized spacial score (nSPS) is 8.47. The van der Waals surface area contributed by atoms with Gasteiger partial charge in [-0.05, 0) is 17.8 Å². The molecule has 3 N–H and O–H groups in total. The molecule has 108 valence electrons. The van der Waals surface area contributed by atoms with Crippen LogP contribution in [0.5, 0.6) is 0 Å². The maximum absolute atomic E-state index is 8.14. The van der Waals surface area contributed by atoms with Crippen LogP contribution in [0.25, 0.3) is 0 Å². The second kappa shape index (κ2) is 25.8. The summed E-state index contributed by atoms with van der Waals surface area (Å²) in [6, 6.07) is 0. The van der Waals surface area contributed by atoms with Crippen molar-refractivity contribution >= 4 is 12.4 Å². The van der Waals surface area contributed by atoms with Crippen molar-refractivity contribution in [2.45, 2.75) is 41.5 Å². The molecule has 3 nitrogen and oxygen atoms in total. The SMILES string of the molecule is CC(C)CO.CC(C)CO.CC(C)CO.Cl.[Hf]. The van der Waals surface area contributed by atoms with Crippen LogP contribution in [0.4, 0.5) is 0 Å². The van der Waals surface area contributed by atoms with E-state index in [-0.39, 0.29) is 38.3 Å². The summed E-state index contributed by atoms with van der Waals surface area (Å²) in [5, 5.41) is 24.4. The molecule has 0 aliphatic rings. The van der Waals surface area contributed by atoms with E-state index in [0.29, 0.717) is 37.6 Å². The Hall–Kier alpha value is 1.04. The Morgan fingerprint density at radius 3 is 0.647 bits per heavy atom. The predicted molar refractivity (Wildman–Crippen MR) is 73.0 cm³/mol. The largest absolute Gasteiger partial charge is 0.396 e. The molecule has 0 spiro atoms. The number of hydrogen-bond donors (Lipinski definition) is 3. The Labute approximate surface area is 132 Å². The van der Waals surface area contributed by atoms with Crippen molar-refractivity contribution in [3.8, 4) is 0 Å². The smallest absolute Gasteiger partial charge is 0.0453 e. The van der Waals surface area contributed by atoms with Gasteiger partial charge < -0.3 is 15.3 Å². The molecule has 0 atom stereocenters. The zero-order valence-electron chi connectivity index (χ0n) is 12.1. The molecule has 0 fully saturated rings. The van der Waals surface area contributed by atoms with Gasteiger partial charge in [-0.2, -0.15) is 0 Å². The topological polar surface area (TPSA) is 60.7 Å². The third-order valence-electron chi connectivity index (χ3n) is 1.10. The van der Waals surface area contributed by atoms with Gasteiger partial charge in [-0.15, -0.1) is 12.4 Å². The Balaban J connectivity index is -0.0000000400. The maximum Gasteiger partial charge on any atom is 0.0453 e. The Morgan fingerprint density at radius 2 is 0.647 bits per heavy atom. The van der Waals surface area contributed by atoms with Gasteiger partial charge >= 0.3 is 0 Å². The van der Waals surface area contributed by atoms with Crippen LogP contribution in [-0.2, 0) is 25.8 Å². The molecule has 0 amide bonds. The van der Waals surface area contributed by atoms with Gasteiger partial charge in [0, 0.05) is 45.7 Å². The number of rotatable bonds is 3. The van der Waals surface area contributed by atoms with Crippen molar-refractivity contribution in [1.82, 2.24) is 0 Å². The van der Waals surface area contributed by atoms with Gasteiger partial charge in [0.15, 0.2) is 0 Å². The third-order valence-corrected chi connectivity index (χ3v) is 1.10. The van der Waals surface area contributed by atoms with E-state index in [1.54, 1.807) is 0 Å². The van der Waals surface area contributed by atoms with E-state index in [1.807, 2.05) is 41.5 Å². The van der Waals surface area contributed by atoms with Crippen LogP contribution >= 0.6 is 12.4 Å². The fourth-order valence-corrected chi connectivity index (χ4v) is 0. The molecule has 0 bridgehead atoms. The van der Waals surface area contributed by atoms with Gasteiger partial charge in [-0.25, -0.2) is 0 Å². The molecule has 0 saturated heterocycles. The second-order valence-electron chi connectivity index (χ2n) is 4.73. The van der Waals surface area contributed by atoms with E-state index in [9.17, 15) is 0 Å². The first-order chi connectivity index (χ1) is 6.81. The summed E-state index contributed by atoms with van der Waals surface area (Å²) in [5.41, 5.74) is 0. The summed E-state index contributed by atoms with van der Waals surface area (Å²) in [4.78, 5) is 0. The summed E-state index contributed by atoms with van der Waals surface area (Å²) >= 11 is 0. The minimum atomic E-state index is 0. The molecule has 0 aromatic carbocycles. The molecule has 0 aromatic heterocycles. The van der Waals surface area contributed by atoms with Crippen LogP contribution in [0.1, 0.15) is 41.5 Å². The van der Waals surface area contributed by atoms with Gasteiger partial charge in [-0.3, -0.25) is 0 Å². The van der Waals surface area contributed by atoms with Gasteiger partial charge in [-0.1, -0.05) is 41.5 Å². The molecule has 0 heterocycles. The number of hydrogen-bond acceptors (Lipinski definition) is 3. The van der Waals surface area contributed by atoms with Gasteiger partial charge in [0.1, 0.15) is 0 Å². The molecule has 0 saturated carbocycles. The zero-order valence-corrected chi connectivity index (χ0v) is 16.5. The van der Waals surface area contributed by atoms with E-state index in [4.69, 9.17) is 15.3 Å². The van der Waals surface area contributed by atoms with Crippen molar-refractivity contribution in [3.63, 3.8) is 0 Å². The first-order valence-electron chi connectivity index (χ1n) is 5.64. The molecule has 0 aliphatic carbocycles. The van der Waals surface area contributed by atoms with Crippen molar-refractivity contribution in [2.24, 2.45) is 17.8 Å². The molecule has 5 heteroatoms. The van der Waals surface area contributed by atoms with Crippen molar-refractivity contribution in [2.75, 3.05) is 19.8 Å². The average Bonchev–Trinajstić information content (AvgIpc) is 2.19. The first-order valence-corrected chi connectivity index (χ1v) is 5.64. The van der Waals surface area contributed by atoms with Crippen molar-refractivity contribution < 1.29 is 41.2 Å². The van der Waals surface area contributed by atoms with E-state index in [0.717, 1.165) is 0 Å². The van der Waals surface area contributed by atoms with E-state index in [2.05, 4.69) is 0 Å². The summed E-state index contributed by atoms with van der Waals surface area (Å²) in [5.74, 6) is 1.32. The summed E-state index contributed by atoms with van der Waals surface area (Å²) in [6.45, 7) is 12.7. The monoisotopic (exact) mass is 438 g/mol. The van der Waals surface area contributed by atoms with Gasteiger partial charge in [0.25, 0.3) is 0 Å². The van der Waals surface area contributed by atoms with Crippen LogP contribution in [0, 0.1) is 17.8 Å². The fraction of sp³-hybridized carbons (Fsp3) is 1.00. The zero-order chi connectivity index (χ0) is 12.9. The van der Waals surface area contributed by atoms with Crippen LogP contribution < -0.4 is 0 Å².